The van der Waals surface area contributed by atoms with Crippen LogP contribution >= 0.6 is 0 Å². The third-order valence-electron chi connectivity index (χ3n) is 2.79. The highest BCUT2D eigenvalue weighted by Gasteiger charge is 1.92. The molecule has 2 aromatic rings. The Morgan fingerprint density at radius 3 is 1.90 bits per heavy atom. The van der Waals surface area contributed by atoms with Crippen molar-refractivity contribution in [1.29, 1.82) is 0 Å². The number of hydrogen-bond donors (Lipinski definition) is 0. The molecule has 0 atom stereocenters. The van der Waals surface area contributed by atoms with Crippen LogP contribution in [-0.2, 0) is 0 Å². The van der Waals surface area contributed by atoms with Gasteiger partial charge in [-0.05, 0) is 31.9 Å². The second-order valence-corrected chi connectivity index (χ2v) is 4.61. The average molecular weight is 282 g/mol. The van der Waals surface area contributed by atoms with Gasteiger partial charge in [-0.3, -0.25) is 0 Å². The quantitative estimate of drug-likeness (QED) is 0.533. The summed E-state index contributed by atoms with van der Waals surface area (Å²) < 4.78 is 0. The predicted molar refractivity (Wildman–Crippen MR) is 99.8 cm³/mol. The van der Waals surface area contributed by atoms with Gasteiger partial charge < -0.3 is 0 Å². The minimum Gasteiger partial charge on any atom is -0.0991 e. The molecule has 0 saturated heterocycles. The first-order valence-electron chi connectivity index (χ1n) is 6.51. The summed E-state index contributed by atoms with van der Waals surface area (Å²) >= 11 is 0. The van der Waals surface area contributed by atoms with Crippen LogP contribution in [0.25, 0.3) is 6.08 Å². The molecule has 0 bridgehead atoms. The maximum atomic E-state index is 3.64. The number of benzene rings is 2. The molecule has 0 aliphatic carbocycles. The maximum Gasteiger partial charge on any atom is -0.0225 e. The van der Waals surface area contributed by atoms with Gasteiger partial charge in [-0.15, -0.1) is 0 Å². The lowest BCUT2D eigenvalue weighted by molar-refractivity contribution is 1.38. The Morgan fingerprint density at radius 1 is 0.810 bits per heavy atom. The largest absolute Gasteiger partial charge is 0.0991 e. The molecule has 2 rings (SSSR count). The van der Waals surface area contributed by atoms with Crippen LogP contribution in [0.4, 0.5) is 0 Å². The number of rotatable bonds is 2. The monoisotopic (exact) mass is 282 g/mol. The molecular weight excluding hydrogens is 252 g/mol. The van der Waals surface area contributed by atoms with Gasteiger partial charge in [0.05, 0.1) is 0 Å². The molecule has 0 heteroatoms. The molecule has 0 aliphatic rings. The fraction of sp³-hybridized carbons (Fsp3) is 0.238. The third kappa shape index (κ3) is 8.65. The Labute approximate surface area is 131 Å². The van der Waals surface area contributed by atoms with Gasteiger partial charge in [0.1, 0.15) is 0 Å². The third-order valence-corrected chi connectivity index (χ3v) is 2.79. The highest BCUT2D eigenvalue weighted by atomic mass is 14.0. The molecule has 0 N–H and O–H groups in total. The maximum absolute atomic E-state index is 3.64. The van der Waals surface area contributed by atoms with Crippen molar-refractivity contribution in [2.75, 3.05) is 0 Å². The van der Waals surface area contributed by atoms with Gasteiger partial charge in [0.2, 0.25) is 0 Å². The van der Waals surface area contributed by atoms with Gasteiger partial charge >= 0.3 is 0 Å². The van der Waals surface area contributed by atoms with Gasteiger partial charge in [-0.25, -0.2) is 0 Å². The summed E-state index contributed by atoms with van der Waals surface area (Å²) in [5.41, 5.74) is 5.19. The fourth-order valence-corrected chi connectivity index (χ4v) is 1.65. The van der Waals surface area contributed by atoms with Crippen LogP contribution in [0.2, 0.25) is 0 Å². The van der Waals surface area contributed by atoms with Crippen LogP contribution in [0.3, 0.4) is 0 Å². The molecular formula is C21H30. The van der Waals surface area contributed by atoms with Crippen molar-refractivity contribution in [3.05, 3.63) is 89.5 Å². The summed E-state index contributed by atoms with van der Waals surface area (Å²) in [5, 5.41) is 0. The molecule has 0 fully saturated rings. The summed E-state index contributed by atoms with van der Waals surface area (Å²) in [7, 11) is 0. The molecule has 0 aliphatic heterocycles. The van der Waals surface area contributed by atoms with Crippen molar-refractivity contribution in [2.24, 2.45) is 0 Å². The van der Waals surface area contributed by atoms with Gasteiger partial charge in [0, 0.05) is 0 Å². The van der Waals surface area contributed by atoms with E-state index in [-0.39, 0.29) is 14.9 Å². The average Bonchev–Trinajstić information content (AvgIpc) is 2.41. The zero-order valence-corrected chi connectivity index (χ0v) is 12.1. The summed E-state index contributed by atoms with van der Waals surface area (Å²) in [6.07, 6.45) is 5.83. The van der Waals surface area contributed by atoms with Crippen LogP contribution in [0, 0.1) is 20.8 Å². The second-order valence-electron chi connectivity index (χ2n) is 4.61. The highest BCUT2D eigenvalue weighted by molar-refractivity contribution is 5.55. The molecule has 0 nitrogen and oxygen atoms in total. The smallest absolute Gasteiger partial charge is 0.0225 e. The summed E-state index contributed by atoms with van der Waals surface area (Å²) in [4.78, 5) is 0. The minimum absolute atomic E-state index is 0. The molecule has 2 aromatic carbocycles. The number of allylic oxidation sites excluding steroid dienone is 2. The van der Waals surface area contributed by atoms with E-state index in [0.29, 0.717) is 0 Å². The Balaban J connectivity index is 0. The molecule has 0 heterocycles. The van der Waals surface area contributed by atoms with Crippen molar-refractivity contribution in [1.82, 2.24) is 0 Å². The standard InChI is InChI=1S/C12H14.C7H8.2CH4/c1-4-5-6-12-9-10(2)7-8-11(12)3;1-7-5-3-2-4-6-7;;/h4-9H,1H2,2-3H3;2-6H,1H3;2*1H4/b6-5-;;;. The zero-order valence-electron chi connectivity index (χ0n) is 12.1. The van der Waals surface area contributed by atoms with E-state index in [1.807, 2.05) is 24.3 Å². The highest BCUT2D eigenvalue weighted by Crippen LogP contribution is 2.11. The Hall–Kier alpha value is -2.08. The van der Waals surface area contributed by atoms with Crippen LogP contribution in [-0.4, -0.2) is 0 Å². The topological polar surface area (TPSA) is 0 Å². The SMILES string of the molecule is C.C.C=C/C=C\c1cc(C)ccc1C.Cc1ccccc1. The van der Waals surface area contributed by atoms with E-state index in [4.69, 9.17) is 0 Å². The van der Waals surface area contributed by atoms with E-state index in [0.717, 1.165) is 0 Å². The van der Waals surface area contributed by atoms with Crippen molar-refractivity contribution in [3.63, 3.8) is 0 Å². The van der Waals surface area contributed by atoms with Gasteiger partial charge in [-0.1, -0.05) is 99.3 Å². The van der Waals surface area contributed by atoms with Crippen LogP contribution in [0.1, 0.15) is 37.1 Å². The number of aryl methyl sites for hydroxylation is 3. The lowest BCUT2D eigenvalue weighted by Gasteiger charge is -2.00. The van der Waals surface area contributed by atoms with Crippen molar-refractivity contribution in [2.45, 2.75) is 35.6 Å². The molecule has 114 valence electrons. The van der Waals surface area contributed by atoms with E-state index in [2.05, 4.69) is 63.8 Å². The van der Waals surface area contributed by atoms with Crippen molar-refractivity contribution >= 4 is 6.08 Å². The minimum atomic E-state index is 0. The van der Waals surface area contributed by atoms with Gasteiger partial charge in [0.25, 0.3) is 0 Å². The van der Waals surface area contributed by atoms with Crippen LogP contribution < -0.4 is 0 Å². The van der Waals surface area contributed by atoms with Crippen molar-refractivity contribution < 1.29 is 0 Å². The lowest BCUT2D eigenvalue weighted by atomic mass is 10.1. The van der Waals surface area contributed by atoms with Gasteiger partial charge in [0.15, 0.2) is 0 Å². The Bertz CT molecular complexity index is 533. The van der Waals surface area contributed by atoms with Crippen molar-refractivity contribution in [3.8, 4) is 0 Å². The Kier molecular flexibility index (Phi) is 11.8. The summed E-state index contributed by atoms with van der Waals surface area (Å²) in [6.45, 7) is 9.94. The first-order valence-corrected chi connectivity index (χ1v) is 6.51. The summed E-state index contributed by atoms with van der Waals surface area (Å²) in [6, 6.07) is 16.7. The first-order chi connectivity index (χ1) is 9.13. The fourth-order valence-electron chi connectivity index (χ4n) is 1.65. The zero-order chi connectivity index (χ0) is 14.1. The first kappa shape index (κ1) is 21.2. The molecule has 0 saturated carbocycles. The van der Waals surface area contributed by atoms with E-state index in [1.54, 1.807) is 6.08 Å². The molecule has 0 amide bonds. The number of hydrogen-bond acceptors (Lipinski definition) is 0. The van der Waals surface area contributed by atoms with Crippen LogP contribution in [0.5, 0.6) is 0 Å². The predicted octanol–water partition coefficient (Wildman–Crippen LogP) is 6.77. The molecule has 0 aromatic heterocycles. The van der Waals surface area contributed by atoms with E-state index in [9.17, 15) is 0 Å². The lowest BCUT2D eigenvalue weighted by Crippen LogP contribution is -1.81. The second kappa shape index (κ2) is 11.7. The summed E-state index contributed by atoms with van der Waals surface area (Å²) in [5.74, 6) is 0. The van der Waals surface area contributed by atoms with E-state index in [1.165, 1.54) is 22.3 Å². The molecule has 0 spiro atoms. The van der Waals surface area contributed by atoms with Crippen LogP contribution in [0.15, 0.2) is 67.3 Å². The Morgan fingerprint density at radius 2 is 1.43 bits per heavy atom. The molecule has 0 unspecified atom stereocenters. The molecule has 0 radical (unpaired) electrons. The molecule has 21 heavy (non-hydrogen) atoms. The normalized spacial score (nSPS) is 8.90. The van der Waals surface area contributed by atoms with Gasteiger partial charge in [-0.2, -0.15) is 0 Å². The van der Waals surface area contributed by atoms with E-state index < -0.39 is 0 Å². The van der Waals surface area contributed by atoms with E-state index >= 15 is 0 Å².